The number of carboxylic acids is 1. The largest absolute Gasteiger partial charge is 0.481 e. The molecular formula is C26H36F3N3O4Si. The van der Waals surface area contributed by atoms with Crippen molar-refractivity contribution in [2.45, 2.75) is 77.8 Å². The van der Waals surface area contributed by atoms with Crippen LogP contribution in [-0.4, -0.2) is 53.0 Å². The Morgan fingerprint density at radius 2 is 1.97 bits per heavy atom. The second kappa shape index (κ2) is 11.5. The summed E-state index contributed by atoms with van der Waals surface area (Å²) in [5, 5.41) is 9.24. The number of allylic oxidation sites excluding steroid dienone is 1. The van der Waals surface area contributed by atoms with E-state index in [1.54, 1.807) is 26.0 Å². The molecule has 37 heavy (non-hydrogen) atoms. The summed E-state index contributed by atoms with van der Waals surface area (Å²) in [6, 6.07) is 4.42. The van der Waals surface area contributed by atoms with Crippen molar-refractivity contribution in [1.29, 1.82) is 0 Å². The minimum atomic E-state index is -4.56. The molecular weight excluding hydrogens is 503 g/mol. The number of aromatic nitrogens is 3. The lowest BCUT2D eigenvalue weighted by molar-refractivity contribution is -0.151. The zero-order chi connectivity index (χ0) is 27.4. The van der Waals surface area contributed by atoms with Gasteiger partial charge in [0.05, 0.1) is 23.8 Å². The molecule has 0 saturated heterocycles. The molecule has 204 valence electrons. The van der Waals surface area contributed by atoms with Gasteiger partial charge >= 0.3 is 12.1 Å². The third kappa shape index (κ3) is 8.24. The number of nitrogens with zero attached hydrogens (tertiary/aromatic N) is 3. The molecule has 1 aliphatic carbocycles. The van der Waals surface area contributed by atoms with Gasteiger partial charge in [0, 0.05) is 32.6 Å². The Morgan fingerprint density at radius 3 is 2.51 bits per heavy atom. The summed E-state index contributed by atoms with van der Waals surface area (Å²) in [5.41, 5.74) is 0.332. The first-order valence-electron chi connectivity index (χ1n) is 12.4. The molecule has 1 unspecified atom stereocenters. The highest BCUT2D eigenvalue weighted by Crippen LogP contribution is 2.32. The van der Waals surface area contributed by atoms with Gasteiger partial charge in [0.15, 0.2) is 5.69 Å². The number of hydrogen-bond donors (Lipinski definition) is 1. The average molecular weight is 540 g/mol. The van der Waals surface area contributed by atoms with E-state index < -0.39 is 31.3 Å². The van der Waals surface area contributed by atoms with E-state index in [0.29, 0.717) is 25.0 Å². The predicted molar refractivity (Wildman–Crippen MR) is 138 cm³/mol. The molecule has 0 saturated carbocycles. The fourth-order valence-corrected chi connectivity index (χ4v) is 4.48. The second-order valence-corrected chi connectivity index (χ2v) is 16.9. The average Bonchev–Trinajstić information content (AvgIpc) is 3.25. The molecule has 11 heteroatoms. The first-order chi connectivity index (χ1) is 17.2. The van der Waals surface area contributed by atoms with Crippen LogP contribution in [0.25, 0.3) is 17.0 Å². The molecule has 3 rings (SSSR count). The highest BCUT2D eigenvalue weighted by molar-refractivity contribution is 6.76. The van der Waals surface area contributed by atoms with E-state index in [2.05, 4.69) is 29.6 Å². The normalized spacial score (nSPS) is 17.1. The van der Waals surface area contributed by atoms with Crippen molar-refractivity contribution < 1.29 is 32.5 Å². The van der Waals surface area contributed by atoms with Gasteiger partial charge in [0.25, 0.3) is 0 Å². The number of carboxylic acid groups (broad SMARTS) is 1. The van der Waals surface area contributed by atoms with Crippen molar-refractivity contribution in [1.82, 2.24) is 14.5 Å². The number of alkyl halides is 3. The summed E-state index contributed by atoms with van der Waals surface area (Å²) < 4.78 is 53.0. The van der Waals surface area contributed by atoms with Crippen LogP contribution in [0.5, 0.6) is 0 Å². The monoisotopic (exact) mass is 539 g/mol. The summed E-state index contributed by atoms with van der Waals surface area (Å²) in [7, 11) is -1.32. The van der Waals surface area contributed by atoms with Gasteiger partial charge in [-0.25, -0.2) is 4.98 Å². The van der Waals surface area contributed by atoms with E-state index in [1.807, 2.05) is 6.08 Å². The number of rotatable bonds is 11. The van der Waals surface area contributed by atoms with Crippen molar-refractivity contribution in [2.75, 3.05) is 13.2 Å². The van der Waals surface area contributed by atoms with E-state index in [9.17, 15) is 23.1 Å². The Kier molecular flexibility index (Phi) is 9.02. The third-order valence-corrected chi connectivity index (χ3v) is 7.97. The van der Waals surface area contributed by atoms with E-state index in [-0.39, 0.29) is 25.3 Å². The van der Waals surface area contributed by atoms with Crippen molar-refractivity contribution in [3.05, 3.63) is 42.0 Å². The van der Waals surface area contributed by atoms with Gasteiger partial charge in [-0.15, -0.1) is 0 Å². The molecule has 0 fully saturated rings. The van der Waals surface area contributed by atoms with Gasteiger partial charge in [-0.05, 0) is 56.9 Å². The standard InChI is InChI=1S/C26H36F3N3O4Si/c1-25(2,24(33)34)16-36-20-9-6-18(7-10-20)21-11-8-19(14-30-21)23-31-22(26(27,28)29)15-32(23)17-35-12-13-37(3,4)5/h6,8,11,14-15,20H,7,9-10,12-13,16-17H2,1-5H3,(H,33,34). The third-order valence-electron chi connectivity index (χ3n) is 6.27. The maximum absolute atomic E-state index is 13.4. The Hall–Kier alpha value is -2.50. The zero-order valence-corrected chi connectivity index (χ0v) is 23.1. The van der Waals surface area contributed by atoms with Crippen LogP contribution in [0.4, 0.5) is 13.2 Å². The zero-order valence-electron chi connectivity index (χ0n) is 22.1. The Morgan fingerprint density at radius 1 is 1.24 bits per heavy atom. The van der Waals surface area contributed by atoms with Crippen LogP contribution < -0.4 is 0 Å². The minimum Gasteiger partial charge on any atom is -0.481 e. The molecule has 1 aliphatic rings. The fourth-order valence-electron chi connectivity index (χ4n) is 3.72. The van der Waals surface area contributed by atoms with Crippen molar-refractivity contribution in [3.8, 4) is 11.4 Å². The summed E-state index contributed by atoms with van der Waals surface area (Å²) in [5.74, 6) is -0.739. The fraction of sp³-hybridized carbons (Fsp3) is 0.577. The lowest BCUT2D eigenvalue weighted by atomic mass is 9.93. The Labute approximate surface area is 216 Å². The predicted octanol–water partition coefficient (Wildman–Crippen LogP) is 6.34. The molecule has 7 nitrogen and oxygen atoms in total. The Bertz CT molecular complexity index is 1110. The molecule has 0 aliphatic heterocycles. The molecule has 0 amide bonds. The number of imidazole rings is 1. The van der Waals surface area contributed by atoms with Gasteiger partial charge in [0.1, 0.15) is 12.6 Å². The molecule has 0 aromatic carbocycles. The van der Waals surface area contributed by atoms with Crippen LogP contribution in [0, 0.1) is 5.41 Å². The number of hydrogen-bond acceptors (Lipinski definition) is 5. The highest BCUT2D eigenvalue weighted by atomic mass is 28.3. The van der Waals surface area contributed by atoms with Crippen molar-refractivity contribution >= 4 is 19.6 Å². The summed E-state index contributed by atoms with van der Waals surface area (Å²) in [6.45, 7) is 10.5. The quantitative estimate of drug-likeness (QED) is 0.265. The molecule has 0 bridgehead atoms. The molecule has 0 radical (unpaired) electrons. The van der Waals surface area contributed by atoms with E-state index >= 15 is 0 Å². The number of carbonyl (C=O) groups is 1. The van der Waals surface area contributed by atoms with Gasteiger partial charge in [-0.1, -0.05) is 25.7 Å². The summed E-state index contributed by atoms with van der Waals surface area (Å²) in [4.78, 5) is 19.6. The molecule has 1 N–H and O–H groups in total. The minimum absolute atomic E-state index is 0.0180. The number of halogens is 3. The second-order valence-electron chi connectivity index (χ2n) is 11.3. The molecule has 2 aromatic heterocycles. The number of pyridine rings is 1. The van der Waals surface area contributed by atoms with Crippen molar-refractivity contribution in [2.24, 2.45) is 5.41 Å². The first-order valence-corrected chi connectivity index (χ1v) is 16.1. The number of aliphatic carboxylic acids is 1. The SMILES string of the molecule is CC(C)(COC1CC=C(c2ccc(-c3nc(C(F)(F)F)cn3COCC[Si](C)(C)C)cn2)CC1)C(=O)O. The van der Waals surface area contributed by atoms with Crippen LogP contribution in [0.2, 0.25) is 25.7 Å². The maximum atomic E-state index is 13.4. The van der Waals surface area contributed by atoms with Gasteiger partial charge in [0.2, 0.25) is 0 Å². The van der Waals surface area contributed by atoms with E-state index in [0.717, 1.165) is 29.9 Å². The first kappa shape index (κ1) is 29.1. The van der Waals surface area contributed by atoms with E-state index in [1.165, 1.54) is 10.8 Å². The molecule has 2 heterocycles. The number of ether oxygens (including phenoxy) is 2. The maximum Gasteiger partial charge on any atom is 0.434 e. The van der Waals surface area contributed by atoms with Gasteiger partial charge < -0.3 is 19.1 Å². The Balaban J connectivity index is 1.69. The topological polar surface area (TPSA) is 86.5 Å². The molecule has 2 aromatic rings. The van der Waals surface area contributed by atoms with E-state index in [4.69, 9.17) is 9.47 Å². The van der Waals surface area contributed by atoms with Crippen LogP contribution in [-0.2, 0) is 27.2 Å². The van der Waals surface area contributed by atoms with Crippen LogP contribution in [0.3, 0.4) is 0 Å². The molecule has 1 atom stereocenters. The smallest absolute Gasteiger partial charge is 0.434 e. The van der Waals surface area contributed by atoms with Crippen LogP contribution in [0.15, 0.2) is 30.6 Å². The molecule has 0 spiro atoms. The van der Waals surface area contributed by atoms with Gasteiger partial charge in [-0.3, -0.25) is 9.78 Å². The lowest BCUT2D eigenvalue weighted by Crippen LogP contribution is -2.32. The van der Waals surface area contributed by atoms with Crippen LogP contribution in [0.1, 0.15) is 44.5 Å². The lowest BCUT2D eigenvalue weighted by Gasteiger charge is -2.26. The van der Waals surface area contributed by atoms with Crippen molar-refractivity contribution in [3.63, 3.8) is 0 Å². The highest BCUT2D eigenvalue weighted by Gasteiger charge is 2.35. The van der Waals surface area contributed by atoms with Crippen LogP contribution >= 0.6 is 0 Å². The van der Waals surface area contributed by atoms with Gasteiger partial charge in [-0.2, -0.15) is 13.2 Å². The summed E-state index contributed by atoms with van der Waals surface area (Å²) in [6.07, 6.45) is 2.01. The summed E-state index contributed by atoms with van der Waals surface area (Å²) >= 11 is 0.